The molecule has 0 bridgehead atoms. The van der Waals surface area contributed by atoms with E-state index in [2.05, 4.69) is 14.4 Å². The van der Waals surface area contributed by atoms with Gasteiger partial charge in [0.05, 0.1) is 28.2 Å². The molecule has 13 heteroatoms. The van der Waals surface area contributed by atoms with E-state index < -0.39 is 32.8 Å². The second-order valence-corrected chi connectivity index (χ2v) is 9.83. The maximum atomic E-state index is 12.5. The Balaban J connectivity index is 1.69. The van der Waals surface area contributed by atoms with Gasteiger partial charge in [-0.05, 0) is 36.8 Å². The molecule has 2 aromatic rings. The lowest BCUT2D eigenvalue weighted by Gasteiger charge is -2.17. The van der Waals surface area contributed by atoms with Crippen LogP contribution in [0.3, 0.4) is 0 Å². The second kappa shape index (κ2) is 7.71. The van der Waals surface area contributed by atoms with Gasteiger partial charge in [0.15, 0.2) is 6.61 Å². The van der Waals surface area contributed by atoms with E-state index in [0.717, 1.165) is 12.3 Å². The van der Waals surface area contributed by atoms with Gasteiger partial charge >= 0.3 is 6.18 Å². The molecule has 0 unspecified atom stereocenters. The highest BCUT2D eigenvalue weighted by Crippen LogP contribution is 2.26. The van der Waals surface area contributed by atoms with Gasteiger partial charge in [-0.25, -0.2) is 21.8 Å². The molecule has 2 heterocycles. The molecule has 8 nitrogen and oxygen atoms in total. The smallest absolute Gasteiger partial charge is 0.422 e. The Hall–Kier alpha value is -2.54. The molecule has 1 aliphatic heterocycles. The summed E-state index contributed by atoms with van der Waals surface area (Å²) in [5, 5.41) is 0. The van der Waals surface area contributed by atoms with E-state index in [1.165, 1.54) is 34.6 Å². The summed E-state index contributed by atoms with van der Waals surface area (Å²) >= 11 is 0. The van der Waals surface area contributed by atoms with E-state index in [1.807, 2.05) is 0 Å². The number of rotatable bonds is 6. The van der Waals surface area contributed by atoms with Crippen molar-refractivity contribution in [2.75, 3.05) is 27.9 Å². The SMILES string of the molecule is O=S(=O)(Nc1ccc(OCC(F)(F)F)nc1)c1ccc(N2CCCS2(=O)=O)cc1. The predicted molar refractivity (Wildman–Crippen MR) is 98.8 cm³/mol. The van der Waals surface area contributed by atoms with Crippen molar-refractivity contribution in [3.05, 3.63) is 42.6 Å². The van der Waals surface area contributed by atoms with Crippen molar-refractivity contribution in [2.24, 2.45) is 0 Å². The summed E-state index contributed by atoms with van der Waals surface area (Å²) in [5.74, 6) is -0.258. The zero-order valence-corrected chi connectivity index (χ0v) is 16.4. The van der Waals surface area contributed by atoms with Crippen LogP contribution in [0, 0.1) is 0 Å². The Morgan fingerprint density at radius 3 is 2.34 bits per heavy atom. The average Bonchev–Trinajstić information content (AvgIpc) is 2.99. The lowest BCUT2D eigenvalue weighted by molar-refractivity contribution is -0.154. The normalized spacial score (nSPS) is 16.6. The Morgan fingerprint density at radius 1 is 1.14 bits per heavy atom. The number of benzene rings is 1. The van der Waals surface area contributed by atoms with Gasteiger partial charge in [0, 0.05) is 12.6 Å². The molecule has 0 radical (unpaired) electrons. The molecule has 1 saturated heterocycles. The topological polar surface area (TPSA) is 106 Å². The number of pyridine rings is 1. The molecule has 158 valence electrons. The van der Waals surface area contributed by atoms with Gasteiger partial charge in [-0.15, -0.1) is 0 Å². The van der Waals surface area contributed by atoms with Crippen LogP contribution < -0.4 is 13.8 Å². The lowest BCUT2D eigenvalue weighted by Crippen LogP contribution is -2.25. The highest BCUT2D eigenvalue weighted by atomic mass is 32.2. The van der Waals surface area contributed by atoms with E-state index >= 15 is 0 Å². The fourth-order valence-electron chi connectivity index (χ4n) is 2.62. The number of aromatic nitrogens is 1. The summed E-state index contributed by atoms with van der Waals surface area (Å²) in [6.45, 7) is -1.18. The van der Waals surface area contributed by atoms with Crippen molar-refractivity contribution in [3.63, 3.8) is 0 Å². The number of hydrogen-bond acceptors (Lipinski definition) is 6. The second-order valence-electron chi connectivity index (χ2n) is 6.13. The number of nitrogens with zero attached hydrogens (tertiary/aromatic N) is 2. The Bertz CT molecular complexity index is 1070. The first kappa shape index (κ1) is 21.2. The van der Waals surface area contributed by atoms with Crippen LogP contribution in [0.25, 0.3) is 0 Å². The van der Waals surface area contributed by atoms with Crippen LogP contribution in [0.4, 0.5) is 24.5 Å². The molecule has 0 aliphatic carbocycles. The number of hydrogen-bond donors (Lipinski definition) is 1. The van der Waals surface area contributed by atoms with Crippen LogP contribution in [0.2, 0.25) is 0 Å². The van der Waals surface area contributed by atoms with Gasteiger partial charge in [-0.3, -0.25) is 9.03 Å². The fourth-order valence-corrected chi connectivity index (χ4v) is 5.22. The molecular weight excluding hydrogens is 435 g/mol. The largest absolute Gasteiger partial charge is 0.468 e. The number of halogens is 3. The summed E-state index contributed by atoms with van der Waals surface area (Å²) in [5.41, 5.74) is 0.393. The molecule has 0 amide bonds. The first-order valence-corrected chi connectivity index (χ1v) is 11.3. The standard InChI is InChI=1S/C16H16F3N3O5S2/c17-16(18,19)11-27-15-7-2-12(10-20-15)21-29(25,26)14-5-3-13(4-6-14)22-8-1-9-28(22,23)24/h2-7,10,21H,1,8-9,11H2. The number of alkyl halides is 3. The molecule has 1 aliphatic rings. The van der Waals surface area contributed by atoms with Gasteiger partial charge in [0.25, 0.3) is 10.0 Å². The van der Waals surface area contributed by atoms with E-state index in [9.17, 15) is 30.0 Å². The number of anilines is 2. The molecule has 0 saturated carbocycles. The molecule has 0 spiro atoms. The third-order valence-electron chi connectivity index (χ3n) is 3.91. The predicted octanol–water partition coefficient (Wildman–Crippen LogP) is 2.36. The highest BCUT2D eigenvalue weighted by Gasteiger charge is 2.29. The van der Waals surface area contributed by atoms with Crippen molar-refractivity contribution < 1.29 is 34.7 Å². The minimum atomic E-state index is -4.51. The summed E-state index contributed by atoms with van der Waals surface area (Å²) in [7, 11) is -7.39. The first-order valence-electron chi connectivity index (χ1n) is 8.25. The highest BCUT2D eigenvalue weighted by molar-refractivity contribution is 7.93. The number of nitrogens with one attached hydrogen (secondary N) is 1. The van der Waals surface area contributed by atoms with Crippen molar-refractivity contribution >= 4 is 31.4 Å². The molecule has 29 heavy (non-hydrogen) atoms. The third kappa shape index (κ3) is 5.29. The molecule has 1 fully saturated rings. The van der Waals surface area contributed by atoms with Crippen LogP contribution in [-0.2, 0) is 20.0 Å². The molecule has 1 N–H and O–H groups in total. The van der Waals surface area contributed by atoms with Crippen LogP contribution >= 0.6 is 0 Å². The van der Waals surface area contributed by atoms with Gasteiger partial charge in [0.2, 0.25) is 15.9 Å². The van der Waals surface area contributed by atoms with Crippen molar-refractivity contribution in [1.29, 1.82) is 0 Å². The van der Waals surface area contributed by atoms with Gasteiger partial charge in [0.1, 0.15) is 0 Å². The Morgan fingerprint density at radius 2 is 1.83 bits per heavy atom. The summed E-state index contributed by atoms with van der Waals surface area (Å²) in [6.07, 6.45) is -2.99. The first-order chi connectivity index (χ1) is 13.5. The quantitative estimate of drug-likeness (QED) is 0.723. The molecule has 1 aromatic carbocycles. The van der Waals surface area contributed by atoms with E-state index in [4.69, 9.17) is 0 Å². The molecule has 3 rings (SSSR count). The zero-order valence-electron chi connectivity index (χ0n) is 14.8. The van der Waals surface area contributed by atoms with E-state index in [0.29, 0.717) is 18.7 Å². The molecule has 1 aromatic heterocycles. The van der Waals surface area contributed by atoms with Gasteiger partial charge in [-0.2, -0.15) is 13.2 Å². The number of ether oxygens (including phenoxy) is 1. The monoisotopic (exact) mass is 451 g/mol. The van der Waals surface area contributed by atoms with Gasteiger partial charge < -0.3 is 4.74 Å². The molecular formula is C16H16F3N3O5S2. The lowest BCUT2D eigenvalue weighted by atomic mass is 10.3. The van der Waals surface area contributed by atoms with Crippen LogP contribution in [0.1, 0.15) is 6.42 Å². The minimum Gasteiger partial charge on any atom is -0.468 e. The average molecular weight is 451 g/mol. The van der Waals surface area contributed by atoms with Crippen molar-refractivity contribution in [1.82, 2.24) is 4.98 Å². The summed E-state index contributed by atoms with van der Waals surface area (Å²) in [4.78, 5) is 3.50. The number of sulfonamides is 2. The maximum Gasteiger partial charge on any atom is 0.422 e. The van der Waals surface area contributed by atoms with Crippen LogP contribution in [0.15, 0.2) is 47.5 Å². The van der Waals surface area contributed by atoms with Crippen LogP contribution in [0.5, 0.6) is 5.88 Å². The Kier molecular flexibility index (Phi) is 5.63. The third-order valence-corrected chi connectivity index (χ3v) is 7.17. The van der Waals surface area contributed by atoms with Gasteiger partial charge in [-0.1, -0.05) is 0 Å². The van der Waals surface area contributed by atoms with Crippen molar-refractivity contribution in [3.8, 4) is 5.88 Å². The zero-order chi connectivity index (χ0) is 21.3. The Labute approximate surface area is 165 Å². The van der Waals surface area contributed by atoms with E-state index in [1.54, 1.807) is 0 Å². The summed E-state index contributed by atoms with van der Waals surface area (Å²) in [6, 6.07) is 7.62. The van der Waals surface area contributed by atoms with Crippen LogP contribution in [-0.4, -0.2) is 46.9 Å². The van der Waals surface area contributed by atoms with E-state index in [-0.39, 0.29) is 22.2 Å². The maximum absolute atomic E-state index is 12.5. The summed E-state index contributed by atoms with van der Waals surface area (Å²) < 4.78 is 93.0. The van der Waals surface area contributed by atoms with Crippen molar-refractivity contribution in [2.45, 2.75) is 17.5 Å². The fraction of sp³-hybridized carbons (Fsp3) is 0.312. The minimum absolute atomic E-state index is 0.0237. The molecule has 0 atom stereocenters.